The Kier molecular flexibility index (Phi) is 3.65. The number of halogens is 1. The fourth-order valence-corrected chi connectivity index (χ4v) is 1.90. The van der Waals surface area contributed by atoms with Gasteiger partial charge in [-0.2, -0.15) is 0 Å². The van der Waals surface area contributed by atoms with Gasteiger partial charge in [0.05, 0.1) is 12.5 Å². The summed E-state index contributed by atoms with van der Waals surface area (Å²) in [4.78, 5) is 0. The maximum absolute atomic E-state index is 6.23. The summed E-state index contributed by atoms with van der Waals surface area (Å²) in [7, 11) is 0. The highest BCUT2D eigenvalue weighted by atomic mass is 35.5. The maximum atomic E-state index is 6.23. The van der Waals surface area contributed by atoms with Crippen molar-refractivity contribution in [2.75, 3.05) is 6.54 Å². The second kappa shape index (κ2) is 5.19. The quantitative estimate of drug-likeness (QED) is 0.874. The highest BCUT2D eigenvalue weighted by Gasteiger charge is 2.05. The summed E-state index contributed by atoms with van der Waals surface area (Å²) in [6.07, 6.45) is 3.35. The molecule has 0 aliphatic rings. The van der Waals surface area contributed by atoms with Crippen LogP contribution in [0, 0.1) is 0 Å². The van der Waals surface area contributed by atoms with Gasteiger partial charge in [-0.1, -0.05) is 30.7 Å². The van der Waals surface area contributed by atoms with E-state index in [1.807, 2.05) is 18.2 Å². The van der Waals surface area contributed by atoms with Crippen molar-refractivity contribution < 1.29 is 4.42 Å². The summed E-state index contributed by atoms with van der Waals surface area (Å²) in [6.45, 7) is 3.89. The van der Waals surface area contributed by atoms with Crippen LogP contribution in [0.2, 0.25) is 5.02 Å². The Hall–Kier alpha value is -1.25. The molecule has 2 rings (SSSR count). The average molecular weight is 236 g/mol. The molecular weight excluding hydrogens is 222 g/mol. The normalized spacial score (nSPS) is 10.6. The lowest BCUT2D eigenvalue weighted by Gasteiger charge is -2.06. The third-order valence-electron chi connectivity index (χ3n) is 2.44. The van der Waals surface area contributed by atoms with Crippen LogP contribution in [0.25, 0.3) is 11.1 Å². The topological polar surface area (TPSA) is 25.2 Å². The second-order valence-corrected chi connectivity index (χ2v) is 4.01. The van der Waals surface area contributed by atoms with Crippen molar-refractivity contribution in [1.82, 2.24) is 5.32 Å². The summed E-state index contributed by atoms with van der Waals surface area (Å²) < 4.78 is 5.05. The number of hydrogen-bond acceptors (Lipinski definition) is 2. The molecule has 2 nitrogen and oxygen atoms in total. The van der Waals surface area contributed by atoms with Crippen molar-refractivity contribution in [2.24, 2.45) is 0 Å². The number of rotatable bonds is 4. The van der Waals surface area contributed by atoms with Gasteiger partial charge in [0, 0.05) is 22.7 Å². The molecule has 0 radical (unpaired) electrons. The van der Waals surface area contributed by atoms with E-state index in [0.29, 0.717) is 0 Å². The Morgan fingerprint density at radius 1 is 1.31 bits per heavy atom. The van der Waals surface area contributed by atoms with E-state index in [9.17, 15) is 0 Å². The first-order valence-corrected chi connectivity index (χ1v) is 5.70. The van der Waals surface area contributed by atoms with Crippen molar-refractivity contribution in [2.45, 2.75) is 13.5 Å². The molecule has 1 aromatic heterocycles. The van der Waals surface area contributed by atoms with E-state index < -0.39 is 0 Å². The van der Waals surface area contributed by atoms with Gasteiger partial charge in [0.15, 0.2) is 0 Å². The van der Waals surface area contributed by atoms with Gasteiger partial charge in [-0.25, -0.2) is 0 Å². The van der Waals surface area contributed by atoms with Gasteiger partial charge in [-0.15, -0.1) is 0 Å². The molecule has 1 aromatic carbocycles. The molecular formula is C13H14ClNO. The van der Waals surface area contributed by atoms with Crippen molar-refractivity contribution in [3.05, 3.63) is 47.4 Å². The van der Waals surface area contributed by atoms with Gasteiger partial charge < -0.3 is 9.73 Å². The Morgan fingerprint density at radius 2 is 2.19 bits per heavy atom. The molecule has 0 fully saturated rings. The van der Waals surface area contributed by atoms with E-state index in [-0.39, 0.29) is 0 Å². The van der Waals surface area contributed by atoms with Gasteiger partial charge in [0.2, 0.25) is 0 Å². The minimum absolute atomic E-state index is 0.761. The van der Waals surface area contributed by atoms with Crippen LogP contribution in [-0.4, -0.2) is 6.54 Å². The number of furan rings is 1. The molecule has 0 saturated carbocycles. The van der Waals surface area contributed by atoms with Crippen LogP contribution in [-0.2, 0) is 6.54 Å². The van der Waals surface area contributed by atoms with Gasteiger partial charge >= 0.3 is 0 Å². The van der Waals surface area contributed by atoms with Crippen LogP contribution in [0.4, 0.5) is 0 Å². The van der Waals surface area contributed by atoms with Crippen LogP contribution >= 0.6 is 11.6 Å². The molecule has 0 amide bonds. The zero-order valence-corrected chi connectivity index (χ0v) is 9.92. The summed E-state index contributed by atoms with van der Waals surface area (Å²) in [5.74, 6) is 0. The number of benzene rings is 1. The molecule has 3 heteroatoms. The first kappa shape index (κ1) is 11.2. The van der Waals surface area contributed by atoms with E-state index >= 15 is 0 Å². The molecule has 0 spiro atoms. The van der Waals surface area contributed by atoms with Crippen molar-refractivity contribution in [3.8, 4) is 11.1 Å². The van der Waals surface area contributed by atoms with Crippen LogP contribution in [0.3, 0.4) is 0 Å². The Morgan fingerprint density at radius 3 is 2.81 bits per heavy atom. The monoisotopic (exact) mass is 235 g/mol. The van der Waals surface area contributed by atoms with Crippen LogP contribution in [0.1, 0.15) is 12.5 Å². The second-order valence-electron chi connectivity index (χ2n) is 3.61. The van der Waals surface area contributed by atoms with Gasteiger partial charge in [0.1, 0.15) is 0 Å². The van der Waals surface area contributed by atoms with Crippen LogP contribution in [0.15, 0.2) is 41.2 Å². The first-order chi connectivity index (χ1) is 7.81. The maximum Gasteiger partial charge on any atom is 0.0981 e. The summed E-state index contributed by atoms with van der Waals surface area (Å²) in [5.41, 5.74) is 3.22. The third-order valence-corrected chi connectivity index (χ3v) is 2.76. The molecule has 0 bridgehead atoms. The minimum Gasteiger partial charge on any atom is -0.472 e. The van der Waals surface area contributed by atoms with Gasteiger partial charge in [-0.05, 0) is 24.2 Å². The SMILES string of the molecule is CCNCc1ccc(-c2ccoc2)c(Cl)c1. The Bertz CT molecular complexity index is 451. The molecule has 16 heavy (non-hydrogen) atoms. The minimum atomic E-state index is 0.761. The van der Waals surface area contributed by atoms with E-state index in [1.165, 1.54) is 5.56 Å². The number of nitrogens with one attached hydrogen (secondary N) is 1. The molecule has 0 aliphatic carbocycles. The smallest absolute Gasteiger partial charge is 0.0981 e. The predicted octanol–water partition coefficient (Wildman–Crippen LogP) is 3.71. The van der Waals surface area contributed by atoms with E-state index in [1.54, 1.807) is 12.5 Å². The molecule has 1 heterocycles. The molecule has 1 N–H and O–H groups in total. The summed E-state index contributed by atoms with van der Waals surface area (Å²) in [5, 5.41) is 4.03. The van der Waals surface area contributed by atoms with Crippen molar-refractivity contribution in [1.29, 1.82) is 0 Å². The predicted molar refractivity (Wildman–Crippen MR) is 66.5 cm³/mol. The Labute approximate surface area is 100 Å². The highest BCUT2D eigenvalue weighted by Crippen LogP contribution is 2.28. The highest BCUT2D eigenvalue weighted by molar-refractivity contribution is 6.33. The van der Waals surface area contributed by atoms with E-state index in [2.05, 4.69) is 18.3 Å². The molecule has 0 saturated heterocycles. The standard InChI is InChI=1S/C13H14ClNO/c1-2-15-8-10-3-4-12(13(14)7-10)11-5-6-16-9-11/h3-7,9,15H,2,8H2,1H3. The first-order valence-electron chi connectivity index (χ1n) is 5.33. The lowest BCUT2D eigenvalue weighted by atomic mass is 10.1. The van der Waals surface area contributed by atoms with Crippen molar-refractivity contribution in [3.63, 3.8) is 0 Å². The zero-order valence-electron chi connectivity index (χ0n) is 9.16. The van der Waals surface area contributed by atoms with Crippen molar-refractivity contribution >= 4 is 11.6 Å². The Balaban J connectivity index is 2.23. The van der Waals surface area contributed by atoms with Crippen LogP contribution < -0.4 is 5.32 Å². The van der Waals surface area contributed by atoms with Crippen LogP contribution in [0.5, 0.6) is 0 Å². The van der Waals surface area contributed by atoms with E-state index in [4.69, 9.17) is 16.0 Å². The molecule has 0 aliphatic heterocycles. The van der Waals surface area contributed by atoms with Gasteiger partial charge in [-0.3, -0.25) is 0 Å². The fourth-order valence-electron chi connectivity index (χ4n) is 1.59. The number of hydrogen-bond donors (Lipinski definition) is 1. The average Bonchev–Trinajstić information content (AvgIpc) is 2.80. The van der Waals surface area contributed by atoms with E-state index in [0.717, 1.165) is 29.2 Å². The summed E-state index contributed by atoms with van der Waals surface area (Å²) >= 11 is 6.23. The lowest BCUT2D eigenvalue weighted by molar-refractivity contribution is 0.568. The molecule has 84 valence electrons. The largest absolute Gasteiger partial charge is 0.472 e. The fraction of sp³-hybridized carbons (Fsp3) is 0.231. The molecule has 0 unspecified atom stereocenters. The van der Waals surface area contributed by atoms with Gasteiger partial charge in [0.25, 0.3) is 0 Å². The zero-order chi connectivity index (χ0) is 11.4. The lowest BCUT2D eigenvalue weighted by Crippen LogP contribution is -2.11. The summed E-state index contributed by atoms with van der Waals surface area (Å²) in [6, 6.07) is 8.01. The molecule has 2 aromatic rings. The third kappa shape index (κ3) is 2.46. The molecule has 0 atom stereocenters.